The van der Waals surface area contributed by atoms with Crippen LogP contribution in [0.4, 0.5) is 0 Å². The van der Waals surface area contributed by atoms with Gasteiger partial charge in [-0.2, -0.15) is 0 Å². The molecule has 0 heterocycles. The number of hydrogen-bond acceptors (Lipinski definition) is 3. The Morgan fingerprint density at radius 1 is 0.950 bits per heavy atom. The molecule has 2 aromatic carbocycles. The van der Waals surface area contributed by atoms with E-state index in [1.165, 1.54) is 6.07 Å². The molecule has 0 spiro atoms. The third-order valence-electron chi connectivity index (χ3n) is 3.35. The molecule has 2 aromatic rings. The predicted molar refractivity (Wildman–Crippen MR) is 83.9 cm³/mol. The predicted octanol–water partition coefficient (Wildman–Crippen LogP) is 4.27. The highest BCUT2D eigenvalue weighted by Crippen LogP contribution is 2.30. The molecule has 0 saturated heterocycles. The molecule has 2 unspecified atom stereocenters. The highest BCUT2D eigenvalue weighted by atomic mass is 79.9. The van der Waals surface area contributed by atoms with Crippen LogP contribution in [0.2, 0.25) is 0 Å². The summed E-state index contributed by atoms with van der Waals surface area (Å²) in [5, 5.41) is 22.7. The zero-order valence-corrected chi connectivity index (χ0v) is 13.1. The fourth-order valence-corrected chi connectivity index (χ4v) is 2.91. The maximum Gasteiger partial charge on any atom is 0.124 e. The van der Waals surface area contributed by atoms with Gasteiger partial charge in [-0.15, -0.1) is 0 Å². The fraction of sp³-hybridized carbons (Fsp3) is 0.250. The second kappa shape index (κ2) is 6.29. The van der Waals surface area contributed by atoms with Gasteiger partial charge in [0.2, 0.25) is 0 Å². The smallest absolute Gasteiger partial charge is 0.124 e. The number of nitrogens with one attached hydrogen (secondary N) is 1. The van der Waals surface area contributed by atoms with Gasteiger partial charge in [-0.3, -0.25) is 0 Å². The molecule has 106 valence electrons. The molecule has 0 aliphatic carbocycles. The van der Waals surface area contributed by atoms with Crippen molar-refractivity contribution in [3.8, 4) is 11.5 Å². The summed E-state index contributed by atoms with van der Waals surface area (Å²) in [4.78, 5) is 0. The monoisotopic (exact) mass is 335 g/mol. The lowest BCUT2D eigenvalue weighted by Gasteiger charge is -2.22. The first-order valence-corrected chi connectivity index (χ1v) is 7.30. The van der Waals surface area contributed by atoms with Crippen LogP contribution < -0.4 is 5.32 Å². The summed E-state index contributed by atoms with van der Waals surface area (Å²) >= 11 is 3.54. The summed E-state index contributed by atoms with van der Waals surface area (Å²) in [6.07, 6.45) is 0. The highest BCUT2D eigenvalue weighted by molar-refractivity contribution is 9.10. The number of benzene rings is 2. The molecule has 4 heteroatoms. The van der Waals surface area contributed by atoms with Crippen molar-refractivity contribution in [2.24, 2.45) is 0 Å². The molecule has 0 aliphatic rings. The molecule has 0 fully saturated rings. The third kappa shape index (κ3) is 3.32. The topological polar surface area (TPSA) is 52.5 Å². The van der Waals surface area contributed by atoms with Crippen molar-refractivity contribution < 1.29 is 10.2 Å². The summed E-state index contributed by atoms with van der Waals surface area (Å²) in [7, 11) is 0. The van der Waals surface area contributed by atoms with Crippen LogP contribution in [-0.4, -0.2) is 10.2 Å². The van der Waals surface area contributed by atoms with E-state index in [4.69, 9.17) is 0 Å². The Morgan fingerprint density at radius 2 is 1.60 bits per heavy atom. The van der Waals surface area contributed by atoms with Crippen LogP contribution in [0.25, 0.3) is 0 Å². The van der Waals surface area contributed by atoms with E-state index in [-0.39, 0.29) is 23.6 Å². The van der Waals surface area contributed by atoms with Crippen molar-refractivity contribution in [2.45, 2.75) is 25.9 Å². The average Bonchev–Trinajstić information content (AvgIpc) is 2.38. The van der Waals surface area contributed by atoms with E-state index >= 15 is 0 Å². The maximum absolute atomic E-state index is 9.89. The summed E-state index contributed by atoms with van der Waals surface area (Å²) < 4.78 is 1.06. The molecule has 2 rings (SSSR count). The number of phenolic OH excluding ortho intramolecular Hbond substituents is 2. The lowest BCUT2D eigenvalue weighted by Crippen LogP contribution is -2.22. The van der Waals surface area contributed by atoms with E-state index in [1.807, 2.05) is 25.1 Å². The highest BCUT2D eigenvalue weighted by Gasteiger charge is 2.15. The first kappa shape index (κ1) is 14.9. The Kier molecular flexibility index (Phi) is 4.68. The average molecular weight is 336 g/mol. The number of phenols is 2. The van der Waals surface area contributed by atoms with E-state index in [9.17, 15) is 10.2 Å². The van der Waals surface area contributed by atoms with Crippen molar-refractivity contribution in [3.05, 3.63) is 58.1 Å². The first-order valence-electron chi connectivity index (χ1n) is 6.51. The van der Waals surface area contributed by atoms with Gasteiger partial charge < -0.3 is 15.5 Å². The summed E-state index contributed by atoms with van der Waals surface area (Å²) in [5.74, 6) is 0.168. The summed E-state index contributed by atoms with van der Waals surface area (Å²) in [5.41, 5.74) is 1.93. The van der Waals surface area contributed by atoms with Crippen molar-refractivity contribution in [3.63, 3.8) is 0 Å². The number of halogens is 1. The van der Waals surface area contributed by atoms with Crippen LogP contribution in [0.15, 0.2) is 46.9 Å². The van der Waals surface area contributed by atoms with Crippen molar-refractivity contribution in [1.29, 1.82) is 0 Å². The van der Waals surface area contributed by atoms with Crippen LogP contribution in [-0.2, 0) is 0 Å². The van der Waals surface area contributed by atoms with Gasteiger partial charge in [-0.25, -0.2) is 0 Å². The zero-order chi connectivity index (χ0) is 14.7. The normalized spacial score (nSPS) is 13.9. The number of hydrogen-bond donors (Lipinski definition) is 3. The Bertz CT molecular complexity index is 601. The van der Waals surface area contributed by atoms with Crippen LogP contribution in [0, 0.1) is 0 Å². The first-order chi connectivity index (χ1) is 9.49. The van der Waals surface area contributed by atoms with Crippen LogP contribution >= 0.6 is 15.9 Å². The molecule has 2 atom stereocenters. The van der Waals surface area contributed by atoms with E-state index < -0.39 is 0 Å². The Hall–Kier alpha value is -1.52. The standard InChI is InChI=1S/C16H18BrNO2/c1-10(13-5-3-4-6-15(13)17)18-11(2)14-8-7-12(19)9-16(14)20/h3-11,18-20H,1-2H3. The van der Waals surface area contributed by atoms with Crippen LogP contribution in [0.5, 0.6) is 11.5 Å². The van der Waals surface area contributed by atoms with Crippen molar-refractivity contribution in [1.82, 2.24) is 5.32 Å². The SMILES string of the molecule is CC(NC(C)c1ccccc1Br)c1ccc(O)cc1O. The Balaban J connectivity index is 2.15. The van der Waals surface area contributed by atoms with Gasteiger partial charge in [0.25, 0.3) is 0 Å². The van der Waals surface area contributed by atoms with Gasteiger partial charge >= 0.3 is 0 Å². The van der Waals surface area contributed by atoms with Gasteiger partial charge in [0.05, 0.1) is 0 Å². The van der Waals surface area contributed by atoms with E-state index in [1.54, 1.807) is 12.1 Å². The largest absolute Gasteiger partial charge is 0.508 e. The van der Waals surface area contributed by atoms with Crippen LogP contribution in [0.1, 0.15) is 37.1 Å². The molecule has 3 nitrogen and oxygen atoms in total. The molecule has 0 amide bonds. The molecule has 0 aromatic heterocycles. The molecule has 0 saturated carbocycles. The van der Waals surface area contributed by atoms with E-state index in [0.29, 0.717) is 0 Å². The van der Waals surface area contributed by atoms with Gasteiger partial charge in [-0.05, 0) is 31.5 Å². The van der Waals surface area contributed by atoms with E-state index in [2.05, 4.69) is 34.2 Å². The van der Waals surface area contributed by atoms with Crippen molar-refractivity contribution >= 4 is 15.9 Å². The molecule has 0 radical (unpaired) electrons. The lowest BCUT2D eigenvalue weighted by atomic mass is 10.0. The zero-order valence-electron chi connectivity index (χ0n) is 11.5. The van der Waals surface area contributed by atoms with Crippen LogP contribution in [0.3, 0.4) is 0 Å². The molecular formula is C16H18BrNO2. The molecule has 3 N–H and O–H groups in total. The van der Waals surface area contributed by atoms with Gasteiger partial charge in [-0.1, -0.05) is 40.2 Å². The van der Waals surface area contributed by atoms with Gasteiger partial charge in [0.1, 0.15) is 11.5 Å². The van der Waals surface area contributed by atoms with Crippen molar-refractivity contribution in [2.75, 3.05) is 0 Å². The second-order valence-electron chi connectivity index (χ2n) is 4.87. The maximum atomic E-state index is 9.89. The third-order valence-corrected chi connectivity index (χ3v) is 4.07. The fourth-order valence-electron chi connectivity index (χ4n) is 2.28. The van der Waals surface area contributed by atoms with E-state index in [0.717, 1.165) is 15.6 Å². The minimum atomic E-state index is -0.0299. The number of rotatable bonds is 4. The van der Waals surface area contributed by atoms with Gasteiger partial charge in [0.15, 0.2) is 0 Å². The summed E-state index contributed by atoms with van der Waals surface area (Å²) in [6.45, 7) is 4.06. The molecule has 0 aliphatic heterocycles. The quantitative estimate of drug-likeness (QED) is 0.781. The molecule has 20 heavy (non-hydrogen) atoms. The second-order valence-corrected chi connectivity index (χ2v) is 5.73. The lowest BCUT2D eigenvalue weighted by molar-refractivity contribution is 0.427. The molecular weight excluding hydrogens is 318 g/mol. The number of aromatic hydroxyl groups is 2. The Morgan fingerprint density at radius 3 is 2.25 bits per heavy atom. The van der Waals surface area contributed by atoms with Gasteiger partial charge in [0, 0.05) is 28.2 Å². The summed E-state index contributed by atoms with van der Waals surface area (Å²) in [6, 6.07) is 12.8. The Labute approximate surface area is 127 Å². The molecule has 0 bridgehead atoms. The minimum Gasteiger partial charge on any atom is -0.508 e. The minimum absolute atomic E-state index is 0.0299.